The summed E-state index contributed by atoms with van der Waals surface area (Å²) in [5, 5.41) is 0. The molecule has 0 N–H and O–H groups in total. The van der Waals surface area contributed by atoms with Gasteiger partial charge in [-0.15, -0.1) is 0 Å². The van der Waals surface area contributed by atoms with Gasteiger partial charge >= 0.3 is 0 Å². The fourth-order valence-corrected chi connectivity index (χ4v) is 4.54. The van der Waals surface area contributed by atoms with Crippen LogP contribution in [0.1, 0.15) is 74.2 Å². The van der Waals surface area contributed by atoms with Gasteiger partial charge in [0.2, 0.25) is 0 Å². The summed E-state index contributed by atoms with van der Waals surface area (Å²) in [5.74, 6) is 0.0411. The van der Waals surface area contributed by atoms with Crippen LogP contribution in [-0.2, 0) is 0 Å². The summed E-state index contributed by atoms with van der Waals surface area (Å²) in [4.78, 5) is 17.9. The molecule has 0 atom stereocenters. The molecule has 3 aliphatic carbocycles. The molecule has 2 saturated carbocycles. The highest BCUT2D eigenvalue weighted by Gasteiger charge is 2.26. The van der Waals surface area contributed by atoms with Crippen molar-refractivity contribution in [3.8, 4) is 0 Å². The quantitative estimate of drug-likeness (QED) is 0.507. The predicted molar refractivity (Wildman–Crippen MR) is 122 cm³/mol. The summed E-state index contributed by atoms with van der Waals surface area (Å²) in [5.41, 5.74) is 8.50. The number of hydrogen-bond donors (Lipinski definition) is 0. The van der Waals surface area contributed by atoms with Crippen LogP contribution in [0, 0.1) is 0 Å². The molecule has 148 valence electrons. The van der Waals surface area contributed by atoms with Gasteiger partial charge in [-0.3, -0.25) is 4.79 Å². The third-order valence-corrected chi connectivity index (χ3v) is 6.25. The Hall–Kier alpha value is -2.74. The van der Waals surface area contributed by atoms with Gasteiger partial charge in [0.1, 0.15) is 0 Å². The summed E-state index contributed by atoms with van der Waals surface area (Å²) in [7, 11) is 0. The number of hydrogen-bond acceptors (Lipinski definition) is 2. The average molecular weight is 384 g/mol. The molecular weight excluding hydrogens is 354 g/mol. The lowest BCUT2D eigenvalue weighted by atomic mass is 9.86. The lowest BCUT2D eigenvalue weighted by molar-refractivity contribution is 0.103. The molecule has 1 aromatic rings. The Morgan fingerprint density at radius 1 is 0.931 bits per heavy atom. The molecule has 2 nitrogen and oxygen atoms in total. The number of fused-ring (bicyclic) bond motifs is 1. The number of carbonyl (C=O) groups is 1. The smallest absolute Gasteiger partial charge is 0.191 e. The number of nitrogens with zero attached hydrogens (tertiary/aromatic N) is 1. The Morgan fingerprint density at radius 3 is 2.10 bits per heavy atom. The van der Waals surface area contributed by atoms with Crippen molar-refractivity contribution < 1.29 is 4.79 Å². The highest BCUT2D eigenvalue weighted by atomic mass is 16.1. The molecular formula is C27H29NO. The Bertz CT molecular complexity index is 997. The van der Waals surface area contributed by atoms with E-state index in [-0.39, 0.29) is 5.78 Å². The monoisotopic (exact) mass is 383 g/mol. The van der Waals surface area contributed by atoms with Crippen molar-refractivity contribution in [1.82, 2.24) is 0 Å². The van der Waals surface area contributed by atoms with E-state index in [1.165, 1.54) is 36.8 Å². The summed E-state index contributed by atoms with van der Waals surface area (Å²) >= 11 is 0. The highest BCUT2D eigenvalue weighted by molar-refractivity contribution is 6.18. The Morgan fingerprint density at radius 2 is 1.48 bits per heavy atom. The first-order valence-electron chi connectivity index (χ1n) is 10.8. The summed E-state index contributed by atoms with van der Waals surface area (Å²) < 4.78 is 0. The Balaban J connectivity index is 1.77. The fourth-order valence-electron chi connectivity index (χ4n) is 4.54. The molecule has 29 heavy (non-hydrogen) atoms. The van der Waals surface area contributed by atoms with Crippen molar-refractivity contribution in [2.24, 2.45) is 4.99 Å². The second-order valence-electron chi connectivity index (χ2n) is 8.37. The molecule has 0 amide bonds. The van der Waals surface area contributed by atoms with Crippen LogP contribution in [0.25, 0.3) is 5.57 Å². The van der Waals surface area contributed by atoms with Crippen molar-refractivity contribution in [3.63, 3.8) is 0 Å². The van der Waals surface area contributed by atoms with Gasteiger partial charge in [-0.25, -0.2) is 4.99 Å². The van der Waals surface area contributed by atoms with Gasteiger partial charge in [0.05, 0.1) is 11.4 Å². The SMILES string of the molecule is C=C(C=C1CCCC1)C(C=C1CCCC1)=NC1=C(C)C(=O)c2ccccc2C1=C. The highest BCUT2D eigenvalue weighted by Crippen LogP contribution is 2.36. The lowest BCUT2D eigenvalue weighted by Crippen LogP contribution is -2.14. The molecule has 2 heteroatoms. The number of carbonyl (C=O) groups excluding carboxylic acids is 1. The van der Waals surface area contributed by atoms with E-state index in [0.717, 1.165) is 53.7 Å². The van der Waals surface area contributed by atoms with Crippen LogP contribution >= 0.6 is 0 Å². The van der Waals surface area contributed by atoms with E-state index in [2.05, 4.69) is 25.3 Å². The molecule has 0 aromatic heterocycles. The van der Waals surface area contributed by atoms with Crippen LogP contribution in [0.2, 0.25) is 0 Å². The lowest BCUT2D eigenvalue weighted by Gasteiger charge is -2.20. The summed E-state index contributed by atoms with van der Waals surface area (Å²) in [6.45, 7) is 10.5. The Labute approximate surface area is 174 Å². The molecule has 0 aliphatic heterocycles. The zero-order valence-corrected chi connectivity index (χ0v) is 17.4. The van der Waals surface area contributed by atoms with Gasteiger partial charge in [0.15, 0.2) is 5.78 Å². The maximum atomic E-state index is 12.9. The molecule has 0 unspecified atom stereocenters. The average Bonchev–Trinajstić information content (AvgIpc) is 3.42. The van der Waals surface area contributed by atoms with Crippen molar-refractivity contribution in [3.05, 3.63) is 88.7 Å². The largest absolute Gasteiger partial charge is 0.289 e. The minimum atomic E-state index is 0.0411. The minimum absolute atomic E-state index is 0.0411. The van der Waals surface area contributed by atoms with Crippen molar-refractivity contribution in [2.45, 2.75) is 58.3 Å². The zero-order chi connectivity index (χ0) is 20.4. The maximum Gasteiger partial charge on any atom is 0.191 e. The molecule has 0 heterocycles. The standard InChI is InChI=1S/C27H29NO/c1-18(16-21-10-4-5-11-21)25(17-22-12-6-7-13-22)28-26-19(2)23-14-8-9-15-24(23)27(29)20(26)3/h8-9,14-17H,1-2,4-7,10-13H2,3H3. The zero-order valence-electron chi connectivity index (χ0n) is 17.4. The van der Waals surface area contributed by atoms with E-state index in [4.69, 9.17) is 4.99 Å². The van der Waals surface area contributed by atoms with Gasteiger partial charge in [-0.05, 0) is 75.5 Å². The topological polar surface area (TPSA) is 29.4 Å². The second-order valence-corrected chi connectivity index (χ2v) is 8.37. The number of aliphatic imine (C=N–C) groups is 1. The predicted octanol–water partition coefficient (Wildman–Crippen LogP) is 7.17. The first-order chi connectivity index (χ1) is 14.0. The van der Waals surface area contributed by atoms with Crippen LogP contribution in [0.3, 0.4) is 0 Å². The maximum absolute atomic E-state index is 12.9. The summed E-state index contributed by atoms with van der Waals surface area (Å²) in [6, 6.07) is 7.68. The van der Waals surface area contributed by atoms with E-state index in [0.29, 0.717) is 11.3 Å². The first kappa shape index (κ1) is 19.6. The van der Waals surface area contributed by atoms with Gasteiger partial charge in [0, 0.05) is 16.7 Å². The number of allylic oxidation sites excluding steroid dienone is 7. The third-order valence-electron chi connectivity index (χ3n) is 6.25. The molecule has 1 aromatic carbocycles. The van der Waals surface area contributed by atoms with Gasteiger partial charge in [0.25, 0.3) is 0 Å². The van der Waals surface area contributed by atoms with Gasteiger partial charge in [-0.2, -0.15) is 0 Å². The van der Waals surface area contributed by atoms with Crippen LogP contribution in [0.5, 0.6) is 0 Å². The van der Waals surface area contributed by atoms with Crippen molar-refractivity contribution in [1.29, 1.82) is 0 Å². The molecule has 0 bridgehead atoms. The molecule has 0 saturated heterocycles. The number of benzene rings is 1. The van der Waals surface area contributed by atoms with E-state index < -0.39 is 0 Å². The molecule has 0 spiro atoms. The van der Waals surface area contributed by atoms with Crippen molar-refractivity contribution in [2.75, 3.05) is 0 Å². The van der Waals surface area contributed by atoms with E-state index in [1.54, 1.807) is 0 Å². The van der Waals surface area contributed by atoms with E-state index in [1.807, 2.05) is 31.2 Å². The molecule has 0 radical (unpaired) electrons. The normalized spacial score (nSPS) is 19.7. The van der Waals surface area contributed by atoms with E-state index in [9.17, 15) is 4.79 Å². The summed E-state index contributed by atoms with van der Waals surface area (Å²) in [6.07, 6.45) is 14.0. The van der Waals surface area contributed by atoms with Crippen molar-refractivity contribution >= 4 is 17.1 Å². The van der Waals surface area contributed by atoms with E-state index >= 15 is 0 Å². The molecule has 3 aliphatic rings. The van der Waals surface area contributed by atoms with Crippen LogP contribution in [-0.4, -0.2) is 11.5 Å². The van der Waals surface area contributed by atoms with Gasteiger partial charge in [-0.1, -0.05) is 54.6 Å². The first-order valence-corrected chi connectivity index (χ1v) is 10.8. The van der Waals surface area contributed by atoms with Crippen LogP contribution in [0.4, 0.5) is 0 Å². The number of ketones is 1. The number of Topliss-reactive ketones (excluding diaryl/α,β-unsaturated/α-hetero) is 1. The fraction of sp³-hybridized carbons (Fsp3) is 0.333. The van der Waals surface area contributed by atoms with Gasteiger partial charge < -0.3 is 0 Å². The van der Waals surface area contributed by atoms with Crippen LogP contribution < -0.4 is 0 Å². The molecule has 2 fully saturated rings. The minimum Gasteiger partial charge on any atom is -0.289 e. The van der Waals surface area contributed by atoms with Crippen LogP contribution in [0.15, 0.2) is 82.6 Å². The second kappa shape index (κ2) is 8.32. The third kappa shape index (κ3) is 4.03. The Kier molecular flexibility index (Phi) is 5.62. The molecule has 4 rings (SSSR count). The number of rotatable bonds is 4.